The largest absolute Gasteiger partial charge is 0.486 e. The monoisotopic (exact) mass is 369 g/mol. The van der Waals surface area contributed by atoms with Crippen molar-refractivity contribution in [2.45, 2.75) is 37.1 Å². The topological polar surface area (TPSA) is 47.6 Å². The number of fused-ring (bicyclic) bond motifs is 2. The summed E-state index contributed by atoms with van der Waals surface area (Å²) in [7, 11) is 0. The second-order valence-electron chi connectivity index (χ2n) is 6.77. The summed E-state index contributed by atoms with van der Waals surface area (Å²) in [4.78, 5) is 13.5. The molecule has 1 aliphatic heterocycles. The summed E-state index contributed by atoms with van der Waals surface area (Å²) in [6.07, 6.45) is 3.60. The number of carbonyl (C=O) groups is 1. The third kappa shape index (κ3) is 3.83. The summed E-state index contributed by atoms with van der Waals surface area (Å²) >= 11 is 1.60. The lowest BCUT2D eigenvalue weighted by atomic mass is 10.1. The Kier molecular flexibility index (Phi) is 5.07. The van der Waals surface area contributed by atoms with Crippen LogP contribution in [0.2, 0.25) is 0 Å². The van der Waals surface area contributed by atoms with Gasteiger partial charge in [0.05, 0.1) is 11.8 Å². The molecule has 0 bridgehead atoms. The lowest BCUT2D eigenvalue weighted by molar-refractivity contribution is -0.119. The zero-order valence-corrected chi connectivity index (χ0v) is 15.7. The highest BCUT2D eigenvalue weighted by molar-refractivity contribution is 8.00. The normalized spacial score (nSPS) is 16.0. The van der Waals surface area contributed by atoms with Crippen LogP contribution in [0.1, 0.15) is 36.1 Å². The molecule has 1 N–H and O–H groups in total. The summed E-state index contributed by atoms with van der Waals surface area (Å²) in [5, 5.41) is 3.07. The molecule has 2 aromatic rings. The van der Waals surface area contributed by atoms with Gasteiger partial charge in [0.25, 0.3) is 0 Å². The molecule has 0 fully saturated rings. The van der Waals surface area contributed by atoms with Crippen LogP contribution in [0, 0.1) is 0 Å². The van der Waals surface area contributed by atoms with Gasteiger partial charge in [0.15, 0.2) is 11.5 Å². The van der Waals surface area contributed by atoms with Gasteiger partial charge in [-0.05, 0) is 67.1 Å². The van der Waals surface area contributed by atoms with Gasteiger partial charge in [-0.15, -0.1) is 11.8 Å². The molecule has 1 heterocycles. The Morgan fingerprint density at radius 2 is 1.88 bits per heavy atom. The summed E-state index contributed by atoms with van der Waals surface area (Å²) in [6.45, 7) is 3.14. The van der Waals surface area contributed by atoms with Crippen LogP contribution < -0.4 is 14.8 Å². The smallest absolute Gasteiger partial charge is 0.230 e. The molecule has 1 amide bonds. The zero-order valence-electron chi connectivity index (χ0n) is 14.9. The summed E-state index contributed by atoms with van der Waals surface area (Å²) < 4.78 is 11.2. The van der Waals surface area contributed by atoms with Gasteiger partial charge in [0, 0.05) is 4.90 Å². The first-order chi connectivity index (χ1) is 12.7. The van der Waals surface area contributed by atoms with Crippen LogP contribution in [0.3, 0.4) is 0 Å². The lowest BCUT2D eigenvalue weighted by Gasteiger charge is -2.21. The number of thioether (sulfide) groups is 1. The van der Waals surface area contributed by atoms with Crippen molar-refractivity contribution in [3.8, 4) is 11.5 Å². The van der Waals surface area contributed by atoms with Crippen LogP contribution in [-0.4, -0.2) is 24.9 Å². The molecular formula is C21H23NO3S. The highest BCUT2D eigenvalue weighted by atomic mass is 32.2. The molecule has 0 radical (unpaired) electrons. The van der Waals surface area contributed by atoms with E-state index in [9.17, 15) is 4.79 Å². The molecule has 1 atom stereocenters. The van der Waals surface area contributed by atoms with Crippen LogP contribution in [0.5, 0.6) is 11.5 Å². The molecule has 1 aliphatic carbocycles. The number of amides is 1. The SMILES string of the molecule is C[C@@H](NC(=O)CSc1ccc2c(c1)CCC2)c1ccc2c(c1)OCCO2. The van der Waals surface area contributed by atoms with E-state index in [2.05, 4.69) is 23.5 Å². The van der Waals surface area contributed by atoms with E-state index in [0.29, 0.717) is 19.0 Å². The Morgan fingerprint density at radius 3 is 2.77 bits per heavy atom. The number of hydrogen-bond donors (Lipinski definition) is 1. The zero-order chi connectivity index (χ0) is 17.9. The van der Waals surface area contributed by atoms with Crippen molar-refractivity contribution in [3.05, 3.63) is 53.1 Å². The third-order valence-electron chi connectivity index (χ3n) is 4.88. The van der Waals surface area contributed by atoms with Crippen LogP contribution in [0.15, 0.2) is 41.3 Å². The number of rotatable bonds is 5. The highest BCUT2D eigenvalue weighted by Crippen LogP contribution is 2.32. The van der Waals surface area contributed by atoms with Gasteiger partial charge >= 0.3 is 0 Å². The molecule has 2 aliphatic rings. The number of ether oxygens (including phenoxy) is 2. The molecule has 0 unspecified atom stereocenters. The number of nitrogens with one attached hydrogen (secondary N) is 1. The third-order valence-corrected chi connectivity index (χ3v) is 5.88. The minimum atomic E-state index is -0.0704. The average molecular weight is 369 g/mol. The predicted octanol–water partition coefficient (Wildman–Crippen LogP) is 3.92. The minimum absolute atomic E-state index is 0.0397. The van der Waals surface area contributed by atoms with Gasteiger partial charge in [0.2, 0.25) is 5.91 Å². The lowest BCUT2D eigenvalue weighted by Crippen LogP contribution is -2.28. The second-order valence-corrected chi connectivity index (χ2v) is 7.81. The summed E-state index contributed by atoms with van der Waals surface area (Å²) in [6, 6.07) is 12.3. The van der Waals surface area contributed by atoms with Crippen LogP contribution in [-0.2, 0) is 17.6 Å². The molecule has 0 spiro atoms. The van der Waals surface area contributed by atoms with Gasteiger partial charge in [-0.2, -0.15) is 0 Å². The molecule has 26 heavy (non-hydrogen) atoms. The molecule has 2 aromatic carbocycles. The molecule has 4 nitrogen and oxygen atoms in total. The molecular weight excluding hydrogens is 346 g/mol. The Morgan fingerprint density at radius 1 is 1.08 bits per heavy atom. The molecule has 5 heteroatoms. The van der Waals surface area contributed by atoms with Crippen molar-refractivity contribution in [2.24, 2.45) is 0 Å². The van der Waals surface area contributed by atoms with E-state index in [4.69, 9.17) is 9.47 Å². The summed E-state index contributed by atoms with van der Waals surface area (Å²) in [5.41, 5.74) is 3.93. The first kappa shape index (κ1) is 17.3. The number of hydrogen-bond acceptors (Lipinski definition) is 4. The molecule has 4 rings (SSSR count). The van der Waals surface area contributed by atoms with Gasteiger partial charge in [-0.3, -0.25) is 4.79 Å². The number of aryl methyl sites for hydroxylation is 2. The number of benzene rings is 2. The van der Waals surface area contributed by atoms with Gasteiger partial charge < -0.3 is 14.8 Å². The van der Waals surface area contributed by atoms with E-state index in [1.54, 1.807) is 11.8 Å². The maximum atomic E-state index is 12.3. The van der Waals surface area contributed by atoms with Crippen molar-refractivity contribution >= 4 is 17.7 Å². The molecule has 0 saturated heterocycles. The van der Waals surface area contributed by atoms with Crippen molar-refractivity contribution in [3.63, 3.8) is 0 Å². The van der Waals surface area contributed by atoms with Crippen molar-refractivity contribution in [1.82, 2.24) is 5.32 Å². The quantitative estimate of drug-likeness (QED) is 0.812. The van der Waals surface area contributed by atoms with Gasteiger partial charge in [-0.25, -0.2) is 0 Å². The van der Waals surface area contributed by atoms with Crippen molar-refractivity contribution in [1.29, 1.82) is 0 Å². The second kappa shape index (κ2) is 7.62. The van der Waals surface area contributed by atoms with Crippen molar-refractivity contribution < 1.29 is 14.3 Å². The molecule has 0 saturated carbocycles. The van der Waals surface area contributed by atoms with E-state index < -0.39 is 0 Å². The fourth-order valence-electron chi connectivity index (χ4n) is 3.48. The average Bonchev–Trinajstić information content (AvgIpc) is 3.13. The Balaban J connectivity index is 1.33. The fraction of sp³-hybridized carbons (Fsp3) is 0.381. The van der Waals surface area contributed by atoms with Crippen LogP contribution >= 0.6 is 11.8 Å². The maximum absolute atomic E-state index is 12.3. The Labute approximate surface area is 158 Å². The fourth-order valence-corrected chi connectivity index (χ4v) is 4.25. The standard InChI is InChI=1S/C21H23NO3S/c1-14(16-6-8-19-20(12-16)25-10-9-24-19)22-21(23)13-26-18-7-5-15-3-2-4-17(15)11-18/h5-8,11-12,14H,2-4,9-10,13H2,1H3,(H,22,23)/t14-/m1/s1. The number of carbonyl (C=O) groups excluding carboxylic acids is 1. The van der Waals surface area contributed by atoms with E-state index >= 15 is 0 Å². The van der Waals surface area contributed by atoms with Crippen LogP contribution in [0.25, 0.3) is 0 Å². The maximum Gasteiger partial charge on any atom is 0.230 e. The first-order valence-electron chi connectivity index (χ1n) is 9.12. The van der Waals surface area contributed by atoms with Gasteiger partial charge in [0.1, 0.15) is 13.2 Å². The highest BCUT2D eigenvalue weighted by Gasteiger charge is 2.16. The predicted molar refractivity (Wildman–Crippen MR) is 103 cm³/mol. The Hall–Kier alpha value is -2.14. The van der Waals surface area contributed by atoms with E-state index in [1.807, 2.05) is 25.1 Å². The van der Waals surface area contributed by atoms with Crippen molar-refractivity contribution in [2.75, 3.05) is 19.0 Å². The Bertz CT molecular complexity index is 821. The van der Waals surface area contributed by atoms with E-state index in [0.717, 1.165) is 23.5 Å². The molecule has 136 valence electrons. The first-order valence-corrected chi connectivity index (χ1v) is 10.1. The molecule has 0 aromatic heterocycles. The summed E-state index contributed by atoms with van der Waals surface area (Å²) in [5.74, 6) is 1.99. The van der Waals surface area contributed by atoms with Gasteiger partial charge in [-0.1, -0.05) is 12.1 Å². The van der Waals surface area contributed by atoms with Crippen LogP contribution in [0.4, 0.5) is 0 Å². The minimum Gasteiger partial charge on any atom is -0.486 e. The van der Waals surface area contributed by atoms with E-state index in [-0.39, 0.29) is 11.9 Å². The van der Waals surface area contributed by atoms with E-state index in [1.165, 1.54) is 28.9 Å².